The summed E-state index contributed by atoms with van der Waals surface area (Å²) in [5.74, 6) is -0.565. The van der Waals surface area contributed by atoms with Crippen molar-refractivity contribution in [3.8, 4) is 5.75 Å². The number of rotatable bonds is 8. The SMILES string of the molecule is CCC(=O)CCCOc1ccc(C(N)=O)cc1[N+](=O)[O-]. The molecule has 20 heavy (non-hydrogen) atoms. The lowest BCUT2D eigenvalue weighted by Gasteiger charge is -2.07. The number of hydrogen-bond donors (Lipinski definition) is 1. The highest BCUT2D eigenvalue weighted by molar-refractivity contribution is 5.93. The quantitative estimate of drug-likeness (QED) is 0.443. The number of benzene rings is 1. The summed E-state index contributed by atoms with van der Waals surface area (Å²) in [4.78, 5) is 32.3. The second-order valence-electron chi connectivity index (χ2n) is 4.15. The monoisotopic (exact) mass is 280 g/mol. The molecule has 2 N–H and O–H groups in total. The van der Waals surface area contributed by atoms with Crippen molar-refractivity contribution in [1.82, 2.24) is 0 Å². The predicted molar refractivity (Wildman–Crippen MR) is 71.6 cm³/mol. The molecule has 0 unspecified atom stereocenters. The predicted octanol–water partition coefficient (Wildman–Crippen LogP) is 1.83. The van der Waals surface area contributed by atoms with E-state index in [2.05, 4.69) is 0 Å². The zero-order chi connectivity index (χ0) is 15.1. The van der Waals surface area contributed by atoms with Crippen molar-refractivity contribution >= 4 is 17.4 Å². The second-order valence-corrected chi connectivity index (χ2v) is 4.15. The first-order chi connectivity index (χ1) is 9.45. The van der Waals surface area contributed by atoms with Crippen molar-refractivity contribution in [2.45, 2.75) is 26.2 Å². The van der Waals surface area contributed by atoms with Gasteiger partial charge < -0.3 is 10.5 Å². The van der Waals surface area contributed by atoms with Gasteiger partial charge in [0, 0.05) is 24.5 Å². The molecule has 1 rings (SSSR count). The van der Waals surface area contributed by atoms with E-state index >= 15 is 0 Å². The molecule has 0 aliphatic heterocycles. The fourth-order valence-electron chi connectivity index (χ4n) is 1.56. The number of primary amides is 1. The number of carbonyl (C=O) groups excluding carboxylic acids is 2. The minimum absolute atomic E-state index is 0.0465. The summed E-state index contributed by atoms with van der Waals surface area (Å²) in [7, 11) is 0. The molecule has 108 valence electrons. The molecule has 0 fully saturated rings. The molecule has 1 aromatic carbocycles. The molecule has 0 saturated carbocycles. The van der Waals surface area contributed by atoms with Crippen molar-refractivity contribution in [2.75, 3.05) is 6.61 Å². The van der Waals surface area contributed by atoms with Crippen LogP contribution in [0.1, 0.15) is 36.5 Å². The maximum absolute atomic E-state index is 11.1. The summed E-state index contributed by atoms with van der Waals surface area (Å²) < 4.78 is 5.28. The Balaban J connectivity index is 2.72. The van der Waals surface area contributed by atoms with Crippen molar-refractivity contribution < 1.29 is 19.2 Å². The molecule has 1 aromatic rings. The van der Waals surface area contributed by atoms with Crippen LogP contribution in [0, 0.1) is 10.1 Å². The van der Waals surface area contributed by atoms with E-state index in [1.807, 2.05) is 0 Å². The molecule has 0 aromatic heterocycles. The van der Waals surface area contributed by atoms with Crippen LogP contribution in [0.15, 0.2) is 18.2 Å². The third-order valence-electron chi connectivity index (χ3n) is 2.69. The fourth-order valence-corrected chi connectivity index (χ4v) is 1.56. The first-order valence-electron chi connectivity index (χ1n) is 6.18. The molecule has 0 spiro atoms. The molecule has 0 aliphatic rings. The zero-order valence-electron chi connectivity index (χ0n) is 11.1. The lowest BCUT2D eigenvalue weighted by Crippen LogP contribution is -2.11. The van der Waals surface area contributed by atoms with Crippen LogP contribution in [0.25, 0.3) is 0 Å². The van der Waals surface area contributed by atoms with Gasteiger partial charge in [0.05, 0.1) is 11.5 Å². The molecule has 0 heterocycles. The summed E-state index contributed by atoms with van der Waals surface area (Å²) >= 11 is 0. The van der Waals surface area contributed by atoms with E-state index in [4.69, 9.17) is 10.5 Å². The average molecular weight is 280 g/mol. The Morgan fingerprint density at radius 1 is 1.40 bits per heavy atom. The molecule has 0 atom stereocenters. The number of nitrogens with two attached hydrogens (primary N) is 1. The summed E-state index contributed by atoms with van der Waals surface area (Å²) in [5.41, 5.74) is 4.79. The van der Waals surface area contributed by atoms with Gasteiger partial charge in [0.25, 0.3) is 0 Å². The minimum atomic E-state index is -0.742. The van der Waals surface area contributed by atoms with Crippen LogP contribution in [0.3, 0.4) is 0 Å². The van der Waals surface area contributed by atoms with Crippen LogP contribution < -0.4 is 10.5 Å². The largest absolute Gasteiger partial charge is 0.487 e. The normalized spacial score (nSPS) is 10.1. The van der Waals surface area contributed by atoms with Crippen molar-refractivity contribution in [3.63, 3.8) is 0 Å². The van der Waals surface area contributed by atoms with E-state index in [1.165, 1.54) is 12.1 Å². The van der Waals surface area contributed by atoms with Gasteiger partial charge in [-0.15, -0.1) is 0 Å². The molecule has 0 bridgehead atoms. The molecular weight excluding hydrogens is 264 g/mol. The van der Waals surface area contributed by atoms with Gasteiger partial charge in [-0.2, -0.15) is 0 Å². The number of nitro benzene ring substituents is 1. The fraction of sp³-hybridized carbons (Fsp3) is 0.385. The average Bonchev–Trinajstić information content (AvgIpc) is 2.42. The highest BCUT2D eigenvalue weighted by Gasteiger charge is 2.17. The standard InChI is InChI=1S/C13H16N2O5/c1-2-10(16)4-3-7-20-12-6-5-9(13(14)17)8-11(12)15(18)19/h5-6,8H,2-4,7H2,1H3,(H2,14,17). The van der Waals surface area contributed by atoms with E-state index in [-0.39, 0.29) is 29.4 Å². The number of nitrogens with zero attached hydrogens (tertiary/aromatic N) is 1. The van der Waals surface area contributed by atoms with E-state index in [9.17, 15) is 19.7 Å². The topological polar surface area (TPSA) is 113 Å². The Bertz CT molecular complexity index is 527. The molecule has 0 aliphatic carbocycles. The third-order valence-corrected chi connectivity index (χ3v) is 2.69. The number of amides is 1. The summed E-state index contributed by atoms with van der Waals surface area (Å²) in [6, 6.07) is 3.77. The maximum atomic E-state index is 11.1. The summed E-state index contributed by atoms with van der Waals surface area (Å²) in [6.07, 6.45) is 1.33. The van der Waals surface area contributed by atoms with Crippen LogP contribution in [0.5, 0.6) is 5.75 Å². The number of nitro groups is 1. The van der Waals surface area contributed by atoms with Crippen LogP contribution in [0.2, 0.25) is 0 Å². The van der Waals surface area contributed by atoms with E-state index in [0.717, 1.165) is 6.07 Å². The zero-order valence-corrected chi connectivity index (χ0v) is 11.1. The third kappa shape index (κ3) is 4.34. The smallest absolute Gasteiger partial charge is 0.311 e. The first-order valence-corrected chi connectivity index (χ1v) is 6.18. The van der Waals surface area contributed by atoms with E-state index in [1.54, 1.807) is 6.92 Å². The number of carbonyl (C=O) groups is 2. The molecular formula is C13H16N2O5. The minimum Gasteiger partial charge on any atom is -0.487 e. The Hall–Kier alpha value is -2.44. The Morgan fingerprint density at radius 2 is 2.10 bits per heavy atom. The van der Waals surface area contributed by atoms with Crippen LogP contribution in [-0.2, 0) is 4.79 Å². The lowest BCUT2D eigenvalue weighted by atomic mass is 10.1. The molecule has 0 radical (unpaired) electrons. The van der Waals surface area contributed by atoms with Crippen LogP contribution >= 0.6 is 0 Å². The van der Waals surface area contributed by atoms with Gasteiger partial charge in [-0.05, 0) is 18.6 Å². The molecule has 0 saturated heterocycles. The van der Waals surface area contributed by atoms with Crippen molar-refractivity contribution in [3.05, 3.63) is 33.9 Å². The summed E-state index contributed by atoms with van der Waals surface area (Å²) in [5, 5.41) is 10.9. The Kier molecular flexibility index (Phi) is 5.64. The van der Waals surface area contributed by atoms with Crippen molar-refractivity contribution in [1.29, 1.82) is 0 Å². The van der Waals surface area contributed by atoms with Gasteiger partial charge in [-0.25, -0.2) is 0 Å². The number of ketones is 1. The molecule has 7 heteroatoms. The Labute approximate surface area is 115 Å². The van der Waals surface area contributed by atoms with Gasteiger partial charge in [-0.3, -0.25) is 19.7 Å². The number of ether oxygens (including phenoxy) is 1. The highest BCUT2D eigenvalue weighted by Crippen LogP contribution is 2.28. The van der Waals surface area contributed by atoms with Crippen LogP contribution in [0.4, 0.5) is 5.69 Å². The Morgan fingerprint density at radius 3 is 2.65 bits per heavy atom. The molecule has 7 nitrogen and oxygen atoms in total. The van der Waals surface area contributed by atoms with Gasteiger partial charge in [0.2, 0.25) is 5.91 Å². The van der Waals surface area contributed by atoms with Gasteiger partial charge in [0.1, 0.15) is 5.78 Å². The van der Waals surface area contributed by atoms with E-state index < -0.39 is 10.8 Å². The summed E-state index contributed by atoms with van der Waals surface area (Å²) in [6.45, 7) is 1.97. The maximum Gasteiger partial charge on any atom is 0.311 e. The van der Waals surface area contributed by atoms with Gasteiger partial charge in [-0.1, -0.05) is 6.92 Å². The first kappa shape index (κ1) is 15.6. The van der Waals surface area contributed by atoms with Gasteiger partial charge in [0.15, 0.2) is 5.75 Å². The van der Waals surface area contributed by atoms with Crippen molar-refractivity contribution in [2.24, 2.45) is 5.73 Å². The second kappa shape index (κ2) is 7.22. The van der Waals surface area contributed by atoms with Gasteiger partial charge >= 0.3 is 5.69 Å². The number of Topliss-reactive ketones (excluding diaryl/α,β-unsaturated/α-hetero) is 1. The highest BCUT2D eigenvalue weighted by atomic mass is 16.6. The molecule has 1 amide bonds. The number of hydrogen-bond acceptors (Lipinski definition) is 5. The van der Waals surface area contributed by atoms with E-state index in [0.29, 0.717) is 19.3 Å². The lowest BCUT2D eigenvalue weighted by molar-refractivity contribution is -0.385. The van der Waals surface area contributed by atoms with Crippen LogP contribution in [-0.4, -0.2) is 23.2 Å².